The number of rotatable bonds is 4. The lowest BCUT2D eigenvalue weighted by Gasteiger charge is -2.23. The summed E-state index contributed by atoms with van der Waals surface area (Å²) in [6.07, 6.45) is -5.04. The molecule has 0 radical (unpaired) electrons. The van der Waals surface area contributed by atoms with Crippen LogP contribution >= 0.6 is 11.3 Å². The number of thiophene rings is 1. The van der Waals surface area contributed by atoms with Crippen molar-refractivity contribution in [3.8, 4) is 11.5 Å². The Morgan fingerprint density at radius 1 is 1.14 bits per heavy atom. The van der Waals surface area contributed by atoms with Crippen molar-refractivity contribution in [2.24, 2.45) is 0 Å². The molecule has 2 aromatic heterocycles. The number of carbonyl (C=O) groups excluding carboxylic acids is 1. The van der Waals surface area contributed by atoms with E-state index in [1.165, 1.54) is 17.4 Å². The molecule has 1 aliphatic rings. The fourth-order valence-electron chi connectivity index (χ4n) is 3.08. The van der Waals surface area contributed by atoms with Gasteiger partial charge in [-0.1, -0.05) is 6.07 Å². The van der Waals surface area contributed by atoms with Crippen molar-refractivity contribution in [3.63, 3.8) is 0 Å². The van der Waals surface area contributed by atoms with Gasteiger partial charge in [-0.3, -0.25) is 9.59 Å². The third-order valence-corrected chi connectivity index (χ3v) is 5.26. The zero-order chi connectivity index (χ0) is 20.6. The summed E-state index contributed by atoms with van der Waals surface area (Å²) in [6, 6.07) is 8.05. The number of nitrogens with one attached hydrogen (secondary N) is 1. The molecule has 3 heterocycles. The Kier molecular flexibility index (Phi) is 4.95. The van der Waals surface area contributed by atoms with Gasteiger partial charge in [0.1, 0.15) is 13.2 Å². The van der Waals surface area contributed by atoms with Crippen molar-refractivity contribution < 1.29 is 27.4 Å². The summed E-state index contributed by atoms with van der Waals surface area (Å²) in [6.45, 7) is 0.0477. The minimum absolute atomic E-state index is 0.0448. The van der Waals surface area contributed by atoms with Crippen LogP contribution in [-0.4, -0.2) is 35.2 Å². The van der Waals surface area contributed by atoms with Crippen LogP contribution in [0.25, 0.3) is 10.9 Å². The van der Waals surface area contributed by atoms with E-state index in [1.54, 1.807) is 29.6 Å². The Balaban J connectivity index is 1.70. The molecule has 29 heavy (non-hydrogen) atoms. The lowest BCUT2D eigenvalue weighted by Crippen LogP contribution is -2.41. The molecule has 3 aromatic rings. The quantitative estimate of drug-likeness (QED) is 0.697. The molecule has 10 heteroatoms. The van der Waals surface area contributed by atoms with Crippen LogP contribution in [0.15, 0.2) is 40.5 Å². The zero-order valence-electron chi connectivity index (χ0n) is 14.9. The summed E-state index contributed by atoms with van der Waals surface area (Å²) >= 11 is 1.23. The number of benzene rings is 1. The van der Waals surface area contributed by atoms with Crippen LogP contribution in [0.5, 0.6) is 11.5 Å². The lowest BCUT2D eigenvalue weighted by molar-refractivity contribution is -0.186. The zero-order valence-corrected chi connectivity index (χ0v) is 15.7. The number of fused-ring (bicyclic) bond motifs is 2. The number of ether oxygens (including phenoxy) is 2. The fraction of sp³-hybridized carbons (Fsp3) is 0.263. The molecule has 1 aromatic carbocycles. The van der Waals surface area contributed by atoms with Gasteiger partial charge in [0, 0.05) is 21.9 Å². The first-order valence-electron chi connectivity index (χ1n) is 8.65. The minimum atomic E-state index is -5.04. The van der Waals surface area contributed by atoms with E-state index in [9.17, 15) is 22.8 Å². The fourth-order valence-corrected chi connectivity index (χ4v) is 3.80. The van der Waals surface area contributed by atoms with Crippen LogP contribution in [0.4, 0.5) is 13.2 Å². The van der Waals surface area contributed by atoms with Crippen molar-refractivity contribution in [1.29, 1.82) is 0 Å². The number of halogens is 3. The normalized spacial score (nSPS) is 13.5. The molecule has 0 saturated heterocycles. The van der Waals surface area contributed by atoms with Gasteiger partial charge in [0.05, 0.1) is 18.6 Å². The lowest BCUT2D eigenvalue weighted by atomic mass is 10.1. The maximum Gasteiger partial charge on any atom is 0.471 e. The van der Waals surface area contributed by atoms with Crippen LogP contribution in [0, 0.1) is 0 Å². The third-order valence-electron chi connectivity index (χ3n) is 4.40. The van der Waals surface area contributed by atoms with E-state index in [0.29, 0.717) is 45.4 Å². The smallest absolute Gasteiger partial charge is 0.471 e. The maximum atomic E-state index is 13.1. The summed E-state index contributed by atoms with van der Waals surface area (Å²) in [5, 5.41) is 2.28. The second-order valence-electron chi connectivity index (χ2n) is 6.45. The van der Waals surface area contributed by atoms with E-state index in [-0.39, 0.29) is 12.1 Å². The highest BCUT2D eigenvalue weighted by Crippen LogP contribution is 2.34. The molecule has 4 rings (SSSR count). The highest BCUT2D eigenvalue weighted by molar-refractivity contribution is 7.09. The van der Waals surface area contributed by atoms with Gasteiger partial charge in [-0.25, -0.2) is 0 Å². The summed E-state index contributed by atoms with van der Waals surface area (Å²) in [5.41, 5.74) is -0.0568. The second kappa shape index (κ2) is 7.43. The highest BCUT2D eigenvalue weighted by atomic mass is 32.1. The van der Waals surface area contributed by atoms with E-state index in [0.717, 1.165) is 0 Å². The number of hydrogen-bond donors (Lipinski definition) is 1. The molecule has 0 spiro atoms. The molecule has 0 unspecified atom stereocenters. The van der Waals surface area contributed by atoms with E-state index < -0.39 is 24.2 Å². The van der Waals surface area contributed by atoms with E-state index in [1.807, 2.05) is 0 Å². The van der Waals surface area contributed by atoms with Crippen LogP contribution < -0.4 is 15.0 Å². The van der Waals surface area contributed by atoms with Gasteiger partial charge in [-0.05, 0) is 23.6 Å². The van der Waals surface area contributed by atoms with Crippen LogP contribution in [-0.2, 0) is 17.9 Å². The van der Waals surface area contributed by atoms with Crippen molar-refractivity contribution in [2.75, 3.05) is 13.2 Å². The van der Waals surface area contributed by atoms with Crippen LogP contribution in [0.1, 0.15) is 10.4 Å². The highest BCUT2D eigenvalue weighted by Gasteiger charge is 2.42. The third kappa shape index (κ3) is 4.07. The standard InChI is InChI=1S/C19H15F3N2O4S/c20-19(21,22)18(26)24(10-13-2-1-5-29-13)9-12-6-11-7-15-16(28-4-3-27-15)8-14(11)23-17(12)25/h1-2,5-8H,3-4,9-10H2,(H,23,25). The number of H-pyrrole nitrogens is 1. The molecule has 1 amide bonds. The van der Waals surface area contributed by atoms with Crippen LogP contribution in [0.2, 0.25) is 0 Å². The van der Waals surface area contributed by atoms with E-state index >= 15 is 0 Å². The van der Waals surface area contributed by atoms with Crippen molar-refractivity contribution >= 4 is 28.1 Å². The van der Waals surface area contributed by atoms with Gasteiger partial charge in [0.2, 0.25) is 0 Å². The molecule has 6 nitrogen and oxygen atoms in total. The number of amides is 1. The molecule has 1 N–H and O–H groups in total. The number of carbonyl (C=O) groups is 1. The predicted molar refractivity (Wildman–Crippen MR) is 100 cm³/mol. The Morgan fingerprint density at radius 2 is 1.86 bits per heavy atom. The van der Waals surface area contributed by atoms with Crippen molar-refractivity contribution in [2.45, 2.75) is 19.3 Å². The maximum absolute atomic E-state index is 13.1. The summed E-state index contributed by atoms with van der Waals surface area (Å²) < 4.78 is 50.2. The van der Waals surface area contributed by atoms with Gasteiger partial charge in [0.25, 0.3) is 5.56 Å². The Labute approximate surface area is 166 Å². The number of hydrogen-bond acceptors (Lipinski definition) is 5. The summed E-state index contributed by atoms with van der Waals surface area (Å²) in [7, 11) is 0. The van der Waals surface area contributed by atoms with Crippen molar-refractivity contribution in [3.05, 3.63) is 56.5 Å². The molecule has 0 bridgehead atoms. The van der Waals surface area contributed by atoms with Gasteiger partial charge in [0.15, 0.2) is 11.5 Å². The molecule has 152 valence electrons. The molecule has 1 aliphatic heterocycles. The Morgan fingerprint density at radius 3 is 2.52 bits per heavy atom. The molecule has 0 atom stereocenters. The number of alkyl halides is 3. The molecular formula is C19H15F3N2O4S. The van der Waals surface area contributed by atoms with Crippen molar-refractivity contribution in [1.82, 2.24) is 9.88 Å². The molecular weight excluding hydrogens is 409 g/mol. The SMILES string of the molecule is O=C(N(Cc1cccs1)Cc1cc2cc3c(cc2[nH]c1=O)OCCO3)C(F)(F)F. The van der Waals surface area contributed by atoms with E-state index in [4.69, 9.17) is 9.47 Å². The number of aromatic nitrogens is 1. The number of nitrogens with zero attached hydrogens (tertiary/aromatic N) is 1. The second-order valence-corrected chi connectivity index (χ2v) is 7.48. The minimum Gasteiger partial charge on any atom is -0.486 e. The molecule has 0 saturated carbocycles. The molecule has 0 aliphatic carbocycles. The molecule has 0 fully saturated rings. The van der Waals surface area contributed by atoms with E-state index in [2.05, 4.69) is 4.98 Å². The summed E-state index contributed by atoms with van der Waals surface area (Å²) in [4.78, 5) is 28.2. The average molecular weight is 424 g/mol. The average Bonchev–Trinajstić information content (AvgIpc) is 3.18. The monoisotopic (exact) mass is 424 g/mol. The number of aromatic amines is 1. The van der Waals surface area contributed by atoms with Gasteiger partial charge in [-0.15, -0.1) is 11.3 Å². The topological polar surface area (TPSA) is 71.6 Å². The summed E-state index contributed by atoms with van der Waals surface area (Å²) in [5.74, 6) is -1.02. The largest absolute Gasteiger partial charge is 0.486 e. The first-order valence-corrected chi connectivity index (χ1v) is 9.53. The first kappa shape index (κ1) is 19.3. The Hall–Kier alpha value is -3.01. The Bertz CT molecular complexity index is 1110. The predicted octanol–water partition coefficient (Wildman–Crippen LogP) is 3.45. The van der Waals surface area contributed by atoms with Crippen LogP contribution in [0.3, 0.4) is 0 Å². The van der Waals surface area contributed by atoms with Gasteiger partial charge in [-0.2, -0.15) is 13.2 Å². The number of pyridine rings is 1. The first-order chi connectivity index (χ1) is 13.8. The van der Waals surface area contributed by atoms with Gasteiger partial charge < -0.3 is 19.4 Å². The van der Waals surface area contributed by atoms with Gasteiger partial charge >= 0.3 is 12.1 Å².